The monoisotopic (exact) mass is 567 g/mol. The topological polar surface area (TPSA) is 73.6 Å². The summed E-state index contributed by atoms with van der Waals surface area (Å²) in [4.78, 5) is 23.6. The van der Waals surface area contributed by atoms with Gasteiger partial charge in [-0.15, -0.1) is 24.0 Å². The van der Waals surface area contributed by atoms with E-state index in [0.29, 0.717) is 18.8 Å². The molecule has 1 aromatic heterocycles. The Bertz CT molecular complexity index is 889. The lowest BCUT2D eigenvalue weighted by atomic mass is 10.0. The fourth-order valence-corrected chi connectivity index (χ4v) is 4.33. The van der Waals surface area contributed by atoms with Gasteiger partial charge in [-0.1, -0.05) is 29.8 Å². The third kappa shape index (κ3) is 6.48. The Morgan fingerprint density at radius 2 is 1.70 bits per heavy atom. The van der Waals surface area contributed by atoms with Crippen LogP contribution in [0.4, 0.5) is 0 Å². The van der Waals surface area contributed by atoms with Crippen LogP contribution >= 0.6 is 24.0 Å². The van der Waals surface area contributed by atoms with Gasteiger partial charge in [-0.05, 0) is 24.6 Å². The van der Waals surface area contributed by atoms with Crippen molar-refractivity contribution in [3.63, 3.8) is 0 Å². The van der Waals surface area contributed by atoms with Crippen LogP contribution in [0.15, 0.2) is 52.1 Å². The second-order valence-electron chi connectivity index (χ2n) is 8.26. The van der Waals surface area contributed by atoms with Crippen LogP contribution in [0.2, 0.25) is 0 Å². The van der Waals surface area contributed by atoms with Gasteiger partial charge >= 0.3 is 0 Å². The molecule has 0 bridgehead atoms. The van der Waals surface area contributed by atoms with Crippen LogP contribution in [0.3, 0.4) is 0 Å². The fourth-order valence-electron chi connectivity index (χ4n) is 4.33. The number of aliphatic imine (C=N–C) groups is 1. The van der Waals surface area contributed by atoms with E-state index in [0.717, 1.165) is 51.9 Å². The molecule has 2 aliphatic heterocycles. The third-order valence-corrected chi connectivity index (χ3v) is 6.21. The highest BCUT2D eigenvalue weighted by molar-refractivity contribution is 14.0. The van der Waals surface area contributed by atoms with Gasteiger partial charge in [-0.2, -0.15) is 0 Å². The Kier molecular flexibility index (Phi) is 9.57. The summed E-state index contributed by atoms with van der Waals surface area (Å²) in [6, 6.07) is 12.5. The largest absolute Gasteiger partial charge is 0.459 e. The quantitative estimate of drug-likeness (QED) is 0.341. The Morgan fingerprint density at radius 3 is 2.30 bits per heavy atom. The molecule has 2 aliphatic rings. The zero-order valence-electron chi connectivity index (χ0n) is 19.4. The van der Waals surface area contributed by atoms with Crippen molar-refractivity contribution >= 4 is 35.8 Å². The summed E-state index contributed by atoms with van der Waals surface area (Å²) in [6.45, 7) is 9.02. The van der Waals surface area contributed by atoms with Crippen LogP contribution in [-0.4, -0.2) is 92.6 Å². The van der Waals surface area contributed by atoms with E-state index in [-0.39, 0.29) is 35.9 Å². The minimum atomic E-state index is -0.0515. The molecule has 2 aromatic rings. The number of hydrogen-bond acceptors (Lipinski definition) is 5. The highest BCUT2D eigenvalue weighted by Crippen LogP contribution is 2.22. The summed E-state index contributed by atoms with van der Waals surface area (Å²) >= 11 is 0. The number of guanidine groups is 1. The summed E-state index contributed by atoms with van der Waals surface area (Å²) in [5.41, 5.74) is 2.56. The van der Waals surface area contributed by atoms with E-state index in [1.54, 1.807) is 12.1 Å². The molecule has 1 aromatic carbocycles. The maximum absolute atomic E-state index is 12.5. The van der Waals surface area contributed by atoms with E-state index < -0.39 is 0 Å². The molecular weight excluding hydrogens is 533 g/mol. The molecule has 0 radical (unpaired) electrons. The summed E-state index contributed by atoms with van der Waals surface area (Å²) in [7, 11) is 1.82. The number of ether oxygens (including phenoxy) is 1. The maximum Gasteiger partial charge on any atom is 0.289 e. The first kappa shape index (κ1) is 25.5. The molecule has 2 fully saturated rings. The second-order valence-corrected chi connectivity index (χ2v) is 8.26. The van der Waals surface area contributed by atoms with Gasteiger partial charge in [0.15, 0.2) is 11.7 Å². The Morgan fingerprint density at radius 1 is 1.03 bits per heavy atom. The van der Waals surface area contributed by atoms with Gasteiger partial charge in [0.1, 0.15) is 0 Å². The van der Waals surface area contributed by atoms with E-state index in [1.165, 1.54) is 17.4 Å². The number of nitrogens with one attached hydrogen (secondary N) is 1. The van der Waals surface area contributed by atoms with Crippen LogP contribution in [0.5, 0.6) is 0 Å². The number of halogens is 1. The Hall–Kier alpha value is -2.11. The van der Waals surface area contributed by atoms with Gasteiger partial charge in [-0.25, -0.2) is 0 Å². The van der Waals surface area contributed by atoms with Crippen molar-refractivity contribution in [2.75, 3.05) is 66.1 Å². The van der Waals surface area contributed by atoms with Crippen LogP contribution in [0.1, 0.15) is 27.7 Å². The summed E-state index contributed by atoms with van der Waals surface area (Å²) in [5.74, 6) is 1.22. The molecule has 180 valence electrons. The molecule has 8 nitrogen and oxygen atoms in total. The number of nitrogens with zero attached hydrogens (tertiary/aromatic N) is 4. The van der Waals surface area contributed by atoms with Crippen molar-refractivity contribution in [1.29, 1.82) is 0 Å². The third-order valence-electron chi connectivity index (χ3n) is 6.21. The van der Waals surface area contributed by atoms with Crippen LogP contribution in [0.25, 0.3) is 0 Å². The SMILES string of the molecule is CN=C(NCC(c1ccc(C)cc1)N1CCOCC1)N1CCN(C(=O)c2ccco2)CC1.I. The lowest BCUT2D eigenvalue weighted by Crippen LogP contribution is -2.54. The Labute approximate surface area is 213 Å². The van der Waals surface area contributed by atoms with Gasteiger partial charge in [-0.3, -0.25) is 14.7 Å². The number of amides is 1. The van der Waals surface area contributed by atoms with Crippen molar-refractivity contribution in [2.24, 2.45) is 4.99 Å². The van der Waals surface area contributed by atoms with Crippen molar-refractivity contribution < 1.29 is 13.9 Å². The Balaban J connectivity index is 0.00000306. The van der Waals surface area contributed by atoms with Gasteiger partial charge < -0.3 is 24.3 Å². The number of carbonyl (C=O) groups is 1. The molecule has 1 N–H and O–H groups in total. The lowest BCUT2D eigenvalue weighted by Gasteiger charge is -2.38. The van der Waals surface area contributed by atoms with Crippen LogP contribution in [0, 0.1) is 6.92 Å². The molecule has 3 heterocycles. The number of aryl methyl sites for hydroxylation is 1. The molecule has 0 aliphatic carbocycles. The molecule has 1 unspecified atom stereocenters. The molecule has 0 saturated carbocycles. The lowest BCUT2D eigenvalue weighted by molar-refractivity contribution is 0.0168. The van der Waals surface area contributed by atoms with E-state index in [9.17, 15) is 4.79 Å². The zero-order chi connectivity index (χ0) is 22.3. The van der Waals surface area contributed by atoms with Gasteiger partial charge in [0, 0.05) is 52.9 Å². The van der Waals surface area contributed by atoms with E-state index in [1.807, 2.05) is 11.9 Å². The zero-order valence-corrected chi connectivity index (χ0v) is 21.7. The maximum atomic E-state index is 12.5. The van der Waals surface area contributed by atoms with Crippen molar-refractivity contribution in [2.45, 2.75) is 13.0 Å². The van der Waals surface area contributed by atoms with Crippen LogP contribution in [-0.2, 0) is 4.74 Å². The number of morpholine rings is 1. The minimum Gasteiger partial charge on any atom is -0.459 e. The standard InChI is InChI=1S/C24H33N5O3.HI/c1-19-5-7-20(8-6-19)21(27-13-16-31-17-14-27)18-26-24(25-2)29-11-9-28(10-12-29)23(30)22-4-3-15-32-22;/h3-8,15,21H,9-14,16-18H2,1-2H3,(H,25,26);1H. The highest BCUT2D eigenvalue weighted by atomic mass is 127. The van der Waals surface area contributed by atoms with E-state index in [2.05, 4.69) is 51.3 Å². The van der Waals surface area contributed by atoms with Gasteiger partial charge in [0.2, 0.25) is 0 Å². The number of benzene rings is 1. The number of furan rings is 1. The molecule has 9 heteroatoms. The smallest absolute Gasteiger partial charge is 0.289 e. The number of piperazine rings is 1. The summed E-state index contributed by atoms with van der Waals surface area (Å²) < 4.78 is 10.8. The minimum absolute atomic E-state index is 0. The molecule has 0 spiro atoms. The predicted octanol–water partition coefficient (Wildman–Crippen LogP) is 2.61. The van der Waals surface area contributed by atoms with Crippen molar-refractivity contribution in [3.8, 4) is 0 Å². The summed E-state index contributed by atoms with van der Waals surface area (Å²) in [6.07, 6.45) is 1.54. The first-order valence-corrected chi connectivity index (χ1v) is 11.3. The average Bonchev–Trinajstić information content (AvgIpc) is 3.38. The van der Waals surface area contributed by atoms with Crippen LogP contribution < -0.4 is 5.32 Å². The number of carbonyl (C=O) groups excluding carboxylic acids is 1. The first-order valence-electron chi connectivity index (χ1n) is 11.3. The van der Waals surface area contributed by atoms with Gasteiger partial charge in [0.25, 0.3) is 5.91 Å². The molecular formula is C24H34IN5O3. The van der Waals surface area contributed by atoms with Crippen molar-refractivity contribution in [1.82, 2.24) is 20.0 Å². The number of rotatable bonds is 5. The van der Waals surface area contributed by atoms with E-state index >= 15 is 0 Å². The second kappa shape index (κ2) is 12.4. The average molecular weight is 567 g/mol. The molecule has 4 rings (SSSR count). The normalized spacial score (nSPS) is 18.5. The number of hydrogen-bond donors (Lipinski definition) is 1. The van der Waals surface area contributed by atoms with E-state index in [4.69, 9.17) is 9.15 Å². The predicted molar refractivity (Wildman–Crippen MR) is 139 cm³/mol. The summed E-state index contributed by atoms with van der Waals surface area (Å²) in [5, 5.41) is 3.59. The first-order chi connectivity index (χ1) is 15.7. The highest BCUT2D eigenvalue weighted by Gasteiger charge is 2.27. The van der Waals surface area contributed by atoms with Crippen molar-refractivity contribution in [3.05, 3.63) is 59.5 Å². The molecule has 2 saturated heterocycles. The molecule has 1 atom stereocenters. The fraction of sp³-hybridized carbons (Fsp3) is 0.500. The van der Waals surface area contributed by atoms with Gasteiger partial charge in [0.05, 0.1) is 25.5 Å². The molecule has 33 heavy (non-hydrogen) atoms. The molecule has 1 amide bonds.